The van der Waals surface area contributed by atoms with Gasteiger partial charge in [-0.2, -0.15) is 11.3 Å². The van der Waals surface area contributed by atoms with Crippen molar-refractivity contribution in [3.63, 3.8) is 0 Å². The van der Waals surface area contributed by atoms with E-state index in [2.05, 4.69) is 21.7 Å². The molecule has 1 aliphatic rings. The molecule has 18 heavy (non-hydrogen) atoms. The molecule has 0 spiro atoms. The van der Waals surface area contributed by atoms with Gasteiger partial charge in [-0.25, -0.2) is 4.79 Å². The van der Waals surface area contributed by atoms with Crippen LogP contribution in [0, 0.1) is 0 Å². The Morgan fingerprint density at radius 3 is 3.00 bits per heavy atom. The van der Waals surface area contributed by atoms with Crippen molar-refractivity contribution in [1.29, 1.82) is 0 Å². The smallest absolute Gasteiger partial charge is 0.335 e. The van der Waals surface area contributed by atoms with Crippen LogP contribution in [0.15, 0.2) is 35.0 Å². The van der Waals surface area contributed by atoms with E-state index in [0.717, 1.165) is 25.2 Å². The SMILES string of the molecule is O=C(O)c1ccc2c(c1)N(Cc1ccsc1)CC2. The number of rotatable bonds is 3. The van der Waals surface area contributed by atoms with E-state index in [1.54, 1.807) is 23.5 Å². The van der Waals surface area contributed by atoms with Crippen molar-refractivity contribution < 1.29 is 9.90 Å². The molecule has 3 rings (SSSR count). The van der Waals surface area contributed by atoms with Gasteiger partial charge in [0, 0.05) is 18.8 Å². The number of anilines is 1. The molecule has 0 aliphatic carbocycles. The van der Waals surface area contributed by atoms with Crippen molar-refractivity contribution in [2.75, 3.05) is 11.4 Å². The van der Waals surface area contributed by atoms with Crippen LogP contribution in [-0.4, -0.2) is 17.6 Å². The number of hydrogen-bond acceptors (Lipinski definition) is 3. The first-order valence-electron chi connectivity index (χ1n) is 5.86. The molecule has 1 aromatic carbocycles. The van der Waals surface area contributed by atoms with E-state index in [1.165, 1.54) is 11.1 Å². The van der Waals surface area contributed by atoms with E-state index in [1.807, 2.05) is 6.07 Å². The number of nitrogens with zero attached hydrogens (tertiary/aromatic N) is 1. The molecule has 0 unspecified atom stereocenters. The topological polar surface area (TPSA) is 40.5 Å². The first kappa shape index (κ1) is 11.3. The zero-order valence-electron chi connectivity index (χ0n) is 9.80. The van der Waals surface area contributed by atoms with Crippen LogP contribution >= 0.6 is 11.3 Å². The second-order valence-corrected chi connectivity index (χ2v) is 5.23. The fourth-order valence-electron chi connectivity index (χ4n) is 2.35. The Kier molecular flexibility index (Phi) is 2.80. The second kappa shape index (κ2) is 4.46. The minimum Gasteiger partial charge on any atom is -0.478 e. The molecule has 0 saturated carbocycles. The van der Waals surface area contributed by atoms with Gasteiger partial charge >= 0.3 is 5.97 Å². The summed E-state index contributed by atoms with van der Waals surface area (Å²) in [5, 5.41) is 13.2. The highest BCUT2D eigenvalue weighted by atomic mass is 32.1. The lowest BCUT2D eigenvalue weighted by atomic mass is 10.1. The molecule has 0 bridgehead atoms. The lowest BCUT2D eigenvalue weighted by Crippen LogP contribution is -2.19. The Balaban J connectivity index is 1.90. The van der Waals surface area contributed by atoms with E-state index < -0.39 is 5.97 Å². The number of carboxylic acid groups (broad SMARTS) is 1. The summed E-state index contributed by atoms with van der Waals surface area (Å²) in [5.41, 5.74) is 3.97. The largest absolute Gasteiger partial charge is 0.478 e. The zero-order chi connectivity index (χ0) is 12.5. The van der Waals surface area contributed by atoms with Crippen LogP contribution in [0.2, 0.25) is 0 Å². The van der Waals surface area contributed by atoms with E-state index in [4.69, 9.17) is 5.11 Å². The summed E-state index contributed by atoms with van der Waals surface area (Å²) in [6, 6.07) is 7.53. The van der Waals surface area contributed by atoms with Crippen molar-refractivity contribution in [2.45, 2.75) is 13.0 Å². The van der Waals surface area contributed by atoms with Crippen molar-refractivity contribution in [3.8, 4) is 0 Å². The molecule has 1 aliphatic heterocycles. The van der Waals surface area contributed by atoms with Crippen molar-refractivity contribution in [1.82, 2.24) is 0 Å². The lowest BCUT2D eigenvalue weighted by molar-refractivity contribution is 0.0697. The predicted octanol–water partition coefficient (Wildman–Crippen LogP) is 3.01. The van der Waals surface area contributed by atoms with Gasteiger partial charge in [-0.3, -0.25) is 0 Å². The Morgan fingerprint density at radius 2 is 2.28 bits per heavy atom. The zero-order valence-corrected chi connectivity index (χ0v) is 10.6. The average molecular weight is 259 g/mol. The number of benzene rings is 1. The fourth-order valence-corrected chi connectivity index (χ4v) is 3.01. The van der Waals surface area contributed by atoms with E-state index in [0.29, 0.717) is 5.56 Å². The molecule has 0 atom stereocenters. The Bertz CT molecular complexity index is 577. The van der Waals surface area contributed by atoms with Gasteiger partial charge in [0.2, 0.25) is 0 Å². The Hall–Kier alpha value is -1.81. The highest BCUT2D eigenvalue weighted by Crippen LogP contribution is 2.30. The third-order valence-electron chi connectivity index (χ3n) is 3.28. The first-order valence-corrected chi connectivity index (χ1v) is 6.80. The van der Waals surface area contributed by atoms with Crippen LogP contribution in [0.25, 0.3) is 0 Å². The molecule has 2 aromatic rings. The Labute approximate surface area is 109 Å². The van der Waals surface area contributed by atoms with Crippen LogP contribution in [0.4, 0.5) is 5.69 Å². The highest BCUT2D eigenvalue weighted by molar-refractivity contribution is 7.07. The molecule has 1 aromatic heterocycles. The normalized spacial score (nSPS) is 13.7. The average Bonchev–Trinajstić information content (AvgIpc) is 2.99. The maximum Gasteiger partial charge on any atom is 0.335 e. The minimum absolute atomic E-state index is 0.367. The molecule has 3 nitrogen and oxygen atoms in total. The van der Waals surface area contributed by atoms with Gasteiger partial charge in [-0.1, -0.05) is 6.07 Å². The number of carbonyl (C=O) groups is 1. The third kappa shape index (κ3) is 1.99. The molecule has 2 heterocycles. The van der Waals surface area contributed by atoms with Crippen LogP contribution in [-0.2, 0) is 13.0 Å². The highest BCUT2D eigenvalue weighted by Gasteiger charge is 2.20. The maximum atomic E-state index is 11.0. The third-order valence-corrected chi connectivity index (χ3v) is 4.01. The number of aromatic carboxylic acids is 1. The van der Waals surface area contributed by atoms with E-state index in [-0.39, 0.29) is 0 Å². The molecular formula is C14H13NO2S. The number of fused-ring (bicyclic) bond motifs is 1. The van der Waals surface area contributed by atoms with Crippen LogP contribution in [0.5, 0.6) is 0 Å². The van der Waals surface area contributed by atoms with Crippen molar-refractivity contribution in [3.05, 3.63) is 51.7 Å². The predicted molar refractivity (Wildman–Crippen MR) is 72.5 cm³/mol. The molecular weight excluding hydrogens is 246 g/mol. The van der Waals surface area contributed by atoms with Crippen LogP contribution in [0.3, 0.4) is 0 Å². The van der Waals surface area contributed by atoms with Gasteiger partial charge in [0.05, 0.1) is 5.56 Å². The summed E-state index contributed by atoms with van der Waals surface area (Å²) < 4.78 is 0. The maximum absolute atomic E-state index is 11.0. The number of carboxylic acids is 1. The molecule has 0 fully saturated rings. The summed E-state index contributed by atoms with van der Waals surface area (Å²) >= 11 is 1.69. The quantitative estimate of drug-likeness (QED) is 0.921. The summed E-state index contributed by atoms with van der Waals surface area (Å²) in [4.78, 5) is 13.3. The molecule has 0 amide bonds. The molecule has 4 heteroatoms. The van der Waals surface area contributed by atoms with Crippen molar-refractivity contribution >= 4 is 23.0 Å². The number of hydrogen-bond donors (Lipinski definition) is 1. The summed E-state index contributed by atoms with van der Waals surface area (Å²) in [6.07, 6.45) is 0.999. The monoisotopic (exact) mass is 259 g/mol. The van der Waals surface area contributed by atoms with Gasteiger partial charge in [0.1, 0.15) is 0 Å². The summed E-state index contributed by atoms with van der Waals surface area (Å²) in [6.45, 7) is 1.83. The Morgan fingerprint density at radius 1 is 1.39 bits per heavy atom. The molecule has 1 N–H and O–H groups in total. The first-order chi connectivity index (χ1) is 8.74. The van der Waals surface area contributed by atoms with Crippen LogP contribution in [0.1, 0.15) is 21.5 Å². The second-order valence-electron chi connectivity index (χ2n) is 4.45. The van der Waals surface area contributed by atoms with Gasteiger partial charge in [0.25, 0.3) is 0 Å². The fraction of sp³-hybridized carbons (Fsp3) is 0.214. The minimum atomic E-state index is -0.861. The summed E-state index contributed by atoms with van der Waals surface area (Å²) in [7, 11) is 0. The molecule has 92 valence electrons. The van der Waals surface area contributed by atoms with E-state index >= 15 is 0 Å². The standard InChI is InChI=1S/C14H13NO2S/c16-14(17)12-2-1-11-3-5-15(13(11)7-12)8-10-4-6-18-9-10/h1-2,4,6-7,9H,3,5,8H2,(H,16,17). The molecule has 0 saturated heterocycles. The number of thiophene rings is 1. The van der Waals surface area contributed by atoms with E-state index in [9.17, 15) is 4.79 Å². The van der Waals surface area contributed by atoms with Gasteiger partial charge in [0.15, 0.2) is 0 Å². The molecule has 0 radical (unpaired) electrons. The van der Waals surface area contributed by atoms with Gasteiger partial charge in [-0.15, -0.1) is 0 Å². The van der Waals surface area contributed by atoms with Crippen molar-refractivity contribution in [2.24, 2.45) is 0 Å². The summed E-state index contributed by atoms with van der Waals surface area (Å²) in [5.74, 6) is -0.861. The van der Waals surface area contributed by atoms with Gasteiger partial charge < -0.3 is 10.0 Å². The van der Waals surface area contributed by atoms with Crippen LogP contribution < -0.4 is 4.90 Å². The lowest BCUT2D eigenvalue weighted by Gasteiger charge is -2.19. The van der Waals surface area contributed by atoms with Gasteiger partial charge in [-0.05, 0) is 46.5 Å².